The number of rotatable bonds is 4. The maximum absolute atomic E-state index is 14.9. The Balaban J connectivity index is 1.41. The molecule has 2 aliphatic rings. The van der Waals surface area contributed by atoms with Crippen molar-refractivity contribution in [3.63, 3.8) is 0 Å². The van der Waals surface area contributed by atoms with Crippen molar-refractivity contribution in [2.45, 2.75) is 31.6 Å². The summed E-state index contributed by atoms with van der Waals surface area (Å²) in [4.78, 5) is 27.5. The van der Waals surface area contributed by atoms with Crippen molar-refractivity contribution in [3.8, 4) is 11.4 Å². The van der Waals surface area contributed by atoms with Gasteiger partial charge in [0.25, 0.3) is 5.91 Å². The highest BCUT2D eigenvalue weighted by Crippen LogP contribution is 2.45. The molecule has 1 saturated heterocycles. The standard InChI is InChI=1S/C24H21F4N5O/c1-13-14-10-18(32-19-7-6-15(11-31-19)24(26,27)28)21(13)33(12-14)23(34)20-16(4-2-5-17(20)25)22-29-8-3-9-30-22/h2-9,11,13-14,18,21H,10,12H2,1H3,(H,31,32)/t13-,14?,18?,21?/m0/s1. The number of anilines is 1. The molecule has 1 N–H and O–H groups in total. The number of likely N-dealkylation sites (tertiary alicyclic amines) is 1. The SMILES string of the molecule is C[C@H]1C2CC(Nc3ccc(C(F)(F)F)cn3)C1N(C(=O)c1c(F)cccc1-c1ncccn1)C2. The maximum atomic E-state index is 14.9. The number of hydrogen-bond donors (Lipinski definition) is 1. The molecule has 0 spiro atoms. The van der Waals surface area contributed by atoms with Crippen molar-refractivity contribution < 1.29 is 22.4 Å². The van der Waals surface area contributed by atoms with Crippen LogP contribution in [0.5, 0.6) is 0 Å². The average molecular weight is 471 g/mol. The van der Waals surface area contributed by atoms with Gasteiger partial charge >= 0.3 is 6.18 Å². The highest BCUT2D eigenvalue weighted by Gasteiger charge is 2.52. The van der Waals surface area contributed by atoms with Crippen molar-refractivity contribution >= 4 is 11.7 Å². The Kier molecular flexibility index (Phi) is 5.45. The summed E-state index contributed by atoms with van der Waals surface area (Å²) in [5, 5.41) is 3.19. The van der Waals surface area contributed by atoms with Gasteiger partial charge in [0.15, 0.2) is 5.82 Å². The molecule has 3 heterocycles. The highest BCUT2D eigenvalue weighted by atomic mass is 19.4. The first-order valence-electron chi connectivity index (χ1n) is 10.9. The highest BCUT2D eigenvalue weighted by molar-refractivity contribution is 6.01. The lowest BCUT2D eigenvalue weighted by Gasteiger charge is -2.35. The Morgan fingerprint density at radius 1 is 1.09 bits per heavy atom. The fraction of sp³-hybridized carbons (Fsp3) is 0.333. The minimum Gasteiger partial charge on any atom is -0.365 e. The fourth-order valence-corrected chi connectivity index (χ4v) is 5.15. The average Bonchev–Trinajstić information content (AvgIpc) is 3.30. The predicted molar refractivity (Wildman–Crippen MR) is 116 cm³/mol. The monoisotopic (exact) mass is 471 g/mol. The molecule has 34 heavy (non-hydrogen) atoms. The van der Waals surface area contributed by atoms with Crippen LogP contribution in [0.15, 0.2) is 55.0 Å². The van der Waals surface area contributed by atoms with Gasteiger partial charge in [-0.1, -0.05) is 19.1 Å². The van der Waals surface area contributed by atoms with E-state index < -0.39 is 23.5 Å². The topological polar surface area (TPSA) is 71.0 Å². The van der Waals surface area contributed by atoms with Crippen LogP contribution in [0.3, 0.4) is 0 Å². The quantitative estimate of drug-likeness (QED) is 0.561. The van der Waals surface area contributed by atoms with Crippen molar-refractivity contribution in [2.24, 2.45) is 11.8 Å². The van der Waals surface area contributed by atoms with Gasteiger partial charge in [-0.05, 0) is 42.5 Å². The molecule has 10 heteroatoms. The second-order valence-corrected chi connectivity index (χ2v) is 8.72. The van der Waals surface area contributed by atoms with Gasteiger partial charge in [-0.3, -0.25) is 4.79 Å². The van der Waals surface area contributed by atoms with Gasteiger partial charge in [0.05, 0.1) is 17.2 Å². The van der Waals surface area contributed by atoms with Crippen LogP contribution in [-0.4, -0.2) is 44.4 Å². The van der Waals surface area contributed by atoms with Crippen molar-refractivity contribution in [2.75, 3.05) is 11.9 Å². The molecule has 6 nitrogen and oxygen atoms in total. The van der Waals surface area contributed by atoms with E-state index in [0.29, 0.717) is 17.9 Å². The second kappa shape index (κ2) is 8.34. The lowest BCUT2D eigenvalue weighted by molar-refractivity contribution is -0.137. The zero-order valence-electron chi connectivity index (χ0n) is 18.1. The molecular formula is C24H21F4N5O. The number of piperidine rings is 1. The molecule has 176 valence electrons. The first-order valence-corrected chi connectivity index (χ1v) is 10.9. The Labute approximate surface area is 193 Å². The summed E-state index contributed by atoms with van der Waals surface area (Å²) in [6, 6.07) is 7.78. The lowest BCUT2D eigenvalue weighted by Crippen LogP contribution is -2.49. The number of carbonyl (C=O) groups is 1. The minimum absolute atomic E-state index is 0.0835. The zero-order chi connectivity index (χ0) is 24.0. The Bertz CT molecular complexity index is 1200. The predicted octanol–water partition coefficient (Wildman–Crippen LogP) is 4.66. The Morgan fingerprint density at radius 3 is 2.50 bits per heavy atom. The third-order valence-corrected chi connectivity index (χ3v) is 6.76. The Hall–Kier alpha value is -3.56. The number of nitrogens with zero attached hydrogens (tertiary/aromatic N) is 4. The van der Waals surface area contributed by atoms with Crippen LogP contribution in [0.1, 0.15) is 29.3 Å². The third kappa shape index (κ3) is 3.86. The molecule has 2 aromatic heterocycles. The number of alkyl halides is 3. The molecular weight excluding hydrogens is 450 g/mol. The molecule has 3 aromatic rings. The van der Waals surface area contributed by atoms with Gasteiger partial charge < -0.3 is 10.2 Å². The number of benzene rings is 1. The molecule has 0 radical (unpaired) electrons. The van der Waals surface area contributed by atoms with E-state index in [1.807, 2.05) is 6.92 Å². The second-order valence-electron chi connectivity index (χ2n) is 8.72. The van der Waals surface area contributed by atoms with E-state index in [4.69, 9.17) is 0 Å². The van der Waals surface area contributed by atoms with E-state index in [0.717, 1.165) is 18.7 Å². The largest absolute Gasteiger partial charge is 0.417 e. The molecule has 1 aliphatic heterocycles. The summed E-state index contributed by atoms with van der Waals surface area (Å²) >= 11 is 0. The van der Waals surface area contributed by atoms with Crippen molar-refractivity contribution in [3.05, 3.63) is 71.9 Å². The van der Waals surface area contributed by atoms with Crippen LogP contribution >= 0.6 is 0 Å². The van der Waals surface area contributed by atoms with Crippen molar-refractivity contribution in [1.82, 2.24) is 19.9 Å². The smallest absolute Gasteiger partial charge is 0.365 e. The first kappa shape index (κ1) is 22.2. The number of amides is 1. The van der Waals surface area contributed by atoms with Gasteiger partial charge in [-0.15, -0.1) is 0 Å². The molecule has 3 unspecified atom stereocenters. The first-order chi connectivity index (χ1) is 16.2. The number of aromatic nitrogens is 3. The molecule has 1 aromatic carbocycles. The fourth-order valence-electron chi connectivity index (χ4n) is 5.15. The summed E-state index contributed by atoms with van der Waals surface area (Å²) in [5.41, 5.74) is -0.596. The van der Waals surface area contributed by atoms with Crippen LogP contribution in [0.4, 0.5) is 23.4 Å². The molecule has 2 bridgehead atoms. The van der Waals surface area contributed by atoms with Crippen LogP contribution < -0.4 is 5.32 Å². The Morgan fingerprint density at radius 2 is 1.85 bits per heavy atom. The lowest BCUT2D eigenvalue weighted by atomic mass is 10.0. The number of nitrogens with one attached hydrogen (secondary N) is 1. The molecule has 1 saturated carbocycles. The van der Waals surface area contributed by atoms with Crippen LogP contribution in [0.25, 0.3) is 11.4 Å². The van der Waals surface area contributed by atoms with E-state index in [1.54, 1.807) is 17.0 Å². The molecule has 2 fully saturated rings. The summed E-state index contributed by atoms with van der Waals surface area (Å²) < 4.78 is 53.5. The normalized spacial score (nSPS) is 23.9. The van der Waals surface area contributed by atoms with E-state index in [9.17, 15) is 22.4 Å². The summed E-state index contributed by atoms with van der Waals surface area (Å²) in [6.45, 7) is 2.51. The van der Waals surface area contributed by atoms with Gasteiger partial charge in [-0.25, -0.2) is 19.3 Å². The van der Waals surface area contributed by atoms with Crippen LogP contribution in [-0.2, 0) is 6.18 Å². The molecule has 1 amide bonds. The third-order valence-electron chi connectivity index (χ3n) is 6.76. The molecule has 5 rings (SSSR count). The van der Waals surface area contributed by atoms with Crippen LogP contribution in [0, 0.1) is 17.7 Å². The number of fused-ring (bicyclic) bond motifs is 2. The summed E-state index contributed by atoms with van der Waals surface area (Å²) in [6.07, 6.45) is 0.115. The number of hydrogen-bond acceptors (Lipinski definition) is 5. The molecule has 4 atom stereocenters. The van der Waals surface area contributed by atoms with E-state index >= 15 is 0 Å². The molecule has 1 aliphatic carbocycles. The maximum Gasteiger partial charge on any atom is 0.417 e. The number of carbonyl (C=O) groups excluding carboxylic acids is 1. The summed E-state index contributed by atoms with van der Waals surface area (Å²) in [5.74, 6) is -0.227. The summed E-state index contributed by atoms with van der Waals surface area (Å²) in [7, 11) is 0. The van der Waals surface area contributed by atoms with Crippen LogP contribution in [0.2, 0.25) is 0 Å². The van der Waals surface area contributed by atoms with Gasteiger partial charge in [0, 0.05) is 36.7 Å². The zero-order valence-corrected chi connectivity index (χ0v) is 18.1. The van der Waals surface area contributed by atoms with Gasteiger partial charge in [0.1, 0.15) is 11.6 Å². The van der Waals surface area contributed by atoms with Gasteiger partial charge in [0.2, 0.25) is 0 Å². The van der Waals surface area contributed by atoms with Crippen molar-refractivity contribution in [1.29, 1.82) is 0 Å². The van der Waals surface area contributed by atoms with Gasteiger partial charge in [-0.2, -0.15) is 13.2 Å². The van der Waals surface area contributed by atoms with E-state index in [-0.39, 0.29) is 35.3 Å². The van der Waals surface area contributed by atoms with E-state index in [1.165, 1.54) is 30.6 Å². The minimum atomic E-state index is -4.46. The van der Waals surface area contributed by atoms with E-state index in [2.05, 4.69) is 20.3 Å². The number of pyridine rings is 1. The number of halogens is 4.